The van der Waals surface area contributed by atoms with Gasteiger partial charge in [0.15, 0.2) is 5.17 Å². The Morgan fingerprint density at radius 1 is 1.19 bits per heavy atom. The molecule has 4 rings (SSSR count). The summed E-state index contributed by atoms with van der Waals surface area (Å²) in [6.45, 7) is 1.84. The number of nitrogens with zero attached hydrogens (tertiary/aromatic N) is 2. The molecule has 0 saturated carbocycles. The summed E-state index contributed by atoms with van der Waals surface area (Å²) in [5.41, 5.74) is 4.16. The van der Waals surface area contributed by atoms with Crippen molar-refractivity contribution in [3.63, 3.8) is 0 Å². The van der Waals surface area contributed by atoms with Crippen LogP contribution in [0.3, 0.4) is 0 Å². The van der Waals surface area contributed by atoms with Crippen LogP contribution >= 0.6 is 23.4 Å². The Labute approximate surface area is 167 Å². The lowest BCUT2D eigenvalue weighted by atomic mass is 9.93. The maximum absolute atomic E-state index is 12.6. The number of thioether (sulfide) groups is 1. The zero-order valence-electron chi connectivity index (χ0n) is 14.8. The van der Waals surface area contributed by atoms with Gasteiger partial charge in [-0.1, -0.05) is 65.8 Å². The monoisotopic (exact) mass is 396 g/mol. The van der Waals surface area contributed by atoms with Crippen LogP contribution in [-0.2, 0) is 9.53 Å². The van der Waals surface area contributed by atoms with E-state index in [0.717, 1.165) is 22.0 Å². The Kier molecular flexibility index (Phi) is 4.81. The molecule has 0 bridgehead atoms. The minimum atomic E-state index is -0.385. The van der Waals surface area contributed by atoms with E-state index in [-0.39, 0.29) is 12.0 Å². The van der Waals surface area contributed by atoms with Crippen molar-refractivity contribution in [2.75, 3.05) is 7.11 Å². The molecular formula is C21H17ClN2O2S. The van der Waals surface area contributed by atoms with Gasteiger partial charge in [-0.15, -0.1) is 0 Å². The molecule has 0 saturated heterocycles. The van der Waals surface area contributed by atoms with Crippen molar-refractivity contribution in [1.29, 1.82) is 0 Å². The summed E-state index contributed by atoms with van der Waals surface area (Å²) < 4.78 is 5.08. The van der Waals surface area contributed by atoms with Gasteiger partial charge in [-0.3, -0.25) is 0 Å². The summed E-state index contributed by atoms with van der Waals surface area (Å²) in [7, 11) is 1.39. The number of methoxy groups -OCH3 is 1. The second kappa shape index (κ2) is 7.25. The first-order chi connectivity index (χ1) is 13.1. The number of halogens is 1. The van der Waals surface area contributed by atoms with Crippen LogP contribution in [0.15, 0.2) is 76.3 Å². The average molecular weight is 397 g/mol. The molecule has 1 atom stereocenters. The van der Waals surface area contributed by atoms with E-state index in [4.69, 9.17) is 16.3 Å². The number of amidine groups is 1. The molecule has 0 spiro atoms. The van der Waals surface area contributed by atoms with Gasteiger partial charge in [0.2, 0.25) is 0 Å². The fraction of sp³-hybridized carbons (Fsp3) is 0.143. The van der Waals surface area contributed by atoms with E-state index in [2.05, 4.69) is 15.3 Å². The minimum Gasteiger partial charge on any atom is -0.466 e. The molecule has 2 aliphatic rings. The van der Waals surface area contributed by atoms with E-state index in [1.807, 2.05) is 61.5 Å². The molecule has 27 heavy (non-hydrogen) atoms. The summed E-state index contributed by atoms with van der Waals surface area (Å²) in [4.78, 5) is 19.4. The zero-order valence-corrected chi connectivity index (χ0v) is 16.4. The number of rotatable bonds is 3. The Morgan fingerprint density at radius 3 is 2.67 bits per heavy atom. The fourth-order valence-corrected chi connectivity index (χ4v) is 4.54. The predicted octanol–water partition coefficient (Wildman–Crippen LogP) is 5.25. The van der Waals surface area contributed by atoms with Crippen LogP contribution in [0.1, 0.15) is 24.1 Å². The number of carbonyl (C=O) groups is 1. The lowest BCUT2D eigenvalue weighted by Gasteiger charge is -2.36. The number of aliphatic imine (C=N–C) groups is 1. The lowest BCUT2D eigenvalue weighted by molar-refractivity contribution is -0.136. The van der Waals surface area contributed by atoms with Gasteiger partial charge in [-0.05, 0) is 30.2 Å². The number of fused-ring (bicyclic) bond motifs is 1. The highest BCUT2D eigenvalue weighted by Crippen LogP contribution is 2.47. The summed E-state index contributed by atoms with van der Waals surface area (Å²) >= 11 is 7.81. The van der Waals surface area contributed by atoms with E-state index in [9.17, 15) is 4.79 Å². The number of ether oxygens (including phenoxy) is 1. The number of allylic oxidation sites excluding steroid dienone is 1. The molecule has 0 fully saturated rings. The number of hydrogen-bond donors (Lipinski definition) is 0. The average Bonchev–Trinajstić information content (AvgIpc) is 3.10. The standard InChI is InChI=1S/C21H17ClN2O2S/c1-13-18(20(25)26-2)19(15-9-6-10-16(22)11-15)24-17(12-27-21(24)23-13)14-7-4-3-5-8-14/h3-12,19H,1-2H3. The highest BCUT2D eigenvalue weighted by Gasteiger charge is 2.40. The molecule has 0 amide bonds. The first-order valence-electron chi connectivity index (χ1n) is 8.45. The lowest BCUT2D eigenvalue weighted by Crippen LogP contribution is -2.36. The van der Waals surface area contributed by atoms with Crippen molar-refractivity contribution in [1.82, 2.24) is 4.90 Å². The number of carbonyl (C=O) groups excluding carboxylic acids is 1. The molecule has 2 aromatic rings. The molecule has 6 heteroatoms. The van der Waals surface area contributed by atoms with Crippen LogP contribution in [0.2, 0.25) is 5.02 Å². The second-order valence-corrected chi connectivity index (χ2v) is 7.47. The van der Waals surface area contributed by atoms with Crippen molar-refractivity contribution >= 4 is 40.2 Å². The van der Waals surface area contributed by atoms with Gasteiger partial charge in [-0.25, -0.2) is 9.79 Å². The van der Waals surface area contributed by atoms with Gasteiger partial charge in [0.1, 0.15) is 0 Å². The van der Waals surface area contributed by atoms with Gasteiger partial charge < -0.3 is 9.64 Å². The molecule has 0 radical (unpaired) electrons. The fourth-order valence-electron chi connectivity index (χ4n) is 3.36. The van der Waals surface area contributed by atoms with E-state index in [1.165, 1.54) is 7.11 Å². The molecule has 0 aliphatic carbocycles. The second-order valence-electron chi connectivity index (χ2n) is 6.20. The smallest absolute Gasteiger partial charge is 0.338 e. The van der Waals surface area contributed by atoms with Crippen molar-refractivity contribution in [3.8, 4) is 0 Å². The van der Waals surface area contributed by atoms with E-state index in [1.54, 1.807) is 11.8 Å². The Balaban J connectivity index is 1.89. The Morgan fingerprint density at radius 2 is 1.96 bits per heavy atom. The molecule has 1 unspecified atom stereocenters. The first-order valence-corrected chi connectivity index (χ1v) is 9.70. The highest BCUT2D eigenvalue weighted by atomic mass is 35.5. The summed E-state index contributed by atoms with van der Waals surface area (Å²) in [5.74, 6) is -0.385. The SMILES string of the molecule is COC(=O)C1=C(C)N=C2SC=C(c3ccccc3)N2C1c1cccc(Cl)c1. The van der Waals surface area contributed by atoms with E-state index in [0.29, 0.717) is 16.3 Å². The summed E-state index contributed by atoms with van der Waals surface area (Å²) in [6.07, 6.45) is 0. The van der Waals surface area contributed by atoms with Gasteiger partial charge in [0.05, 0.1) is 30.1 Å². The molecule has 2 aromatic carbocycles. The van der Waals surface area contributed by atoms with Crippen molar-refractivity contribution < 1.29 is 9.53 Å². The molecular weight excluding hydrogens is 380 g/mol. The number of esters is 1. The molecule has 0 N–H and O–H groups in total. The third-order valence-corrected chi connectivity index (χ3v) is 5.64. The Hall–Kier alpha value is -2.50. The van der Waals surface area contributed by atoms with Gasteiger partial charge in [-0.2, -0.15) is 0 Å². The molecule has 4 nitrogen and oxygen atoms in total. The van der Waals surface area contributed by atoms with Crippen LogP contribution < -0.4 is 0 Å². The van der Waals surface area contributed by atoms with Crippen LogP contribution in [0.4, 0.5) is 0 Å². The predicted molar refractivity (Wildman–Crippen MR) is 110 cm³/mol. The summed E-state index contributed by atoms with van der Waals surface area (Å²) in [5, 5.41) is 3.53. The van der Waals surface area contributed by atoms with Crippen molar-refractivity contribution in [2.45, 2.75) is 13.0 Å². The largest absolute Gasteiger partial charge is 0.466 e. The van der Waals surface area contributed by atoms with Crippen molar-refractivity contribution in [3.05, 3.63) is 87.4 Å². The third kappa shape index (κ3) is 3.17. The highest BCUT2D eigenvalue weighted by molar-refractivity contribution is 8.16. The van der Waals surface area contributed by atoms with Crippen LogP contribution in [0.25, 0.3) is 5.70 Å². The van der Waals surface area contributed by atoms with E-state index >= 15 is 0 Å². The molecule has 2 heterocycles. The van der Waals surface area contributed by atoms with Crippen LogP contribution in [-0.4, -0.2) is 23.1 Å². The summed E-state index contributed by atoms with van der Waals surface area (Å²) in [6, 6.07) is 17.3. The topological polar surface area (TPSA) is 41.9 Å². The maximum atomic E-state index is 12.6. The maximum Gasteiger partial charge on any atom is 0.338 e. The molecule has 2 aliphatic heterocycles. The van der Waals surface area contributed by atoms with Gasteiger partial charge in [0.25, 0.3) is 0 Å². The first kappa shape index (κ1) is 17.9. The number of benzene rings is 2. The quantitative estimate of drug-likeness (QED) is 0.665. The Bertz CT molecular complexity index is 998. The molecule has 136 valence electrons. The van der Waals surface area contributed by atoms with Crippen molar-refractivity contribution in [2.24, 2.45) is 4.99 Å². The van der Waals surface area contributed by atoms with Crippen LogP contribution in [0, 0.1) is 0 Å². The zero-order chi connectivity index (χ0) is 19.0. The minimum absolute atomic E-state index is 0.356. The van der Waals surface area contributed by atoms with Gasteiger partial charge >= 0.3 is 5.97 Å². The van der Waals surface area contributed by atoms with Crippen LogP contribution in [0.5, 0.6) is 0 Å². The normalized spacial score (nSPS) is 18.8. The van der Waals surface area contributed by atoms with E-state index < -0.39 is 0 Å². The third-order valence-electron chi connectivity index (χ3n) is 4.57. The van der Waals surface area contributed by atoms with Gasteiger partial charge in [0, 0.05) is 10.4 Å². The molecule has 0 aromatic heterocycles. The number of hydrogen-bond acceptors (Lipinski definition) is 5.